The summed E-state index contributed by atoms with van der Waals surface area (Å²) in [5, 5.41) is 21.7. The lowest BCUT2D eigenvalue weighted by Crippen LogP contribution is -2.03. The Balaban J connectivity index is 2.57. The number of carboxylic acids is 1. The highest BCUT2D eigenvalue weighted by molar-refractivity contribution is 5.88. The van der Waals surface area contributed by atoms with E-state index in [-0.39, 0.29) is 5.69 Å². The molecule has 0 aliphatic rings. The normalized spacial score (nSPS) is 10.5. The Labute approximate surface area is 95.7 Å². The lowest BCUT2D eigenvalue weighted by atomic mass is 10.2. The van der Waals surface area contributed by atoms with Gasteiger partial charge in [-0.05, 0) is 24.6 Å². The first-order valence-corrected chi connectivity index (χ1v) is 4.77. The Morgan fingerprint density at radius 1 is 1.47 bits per heavy atom. The van der Waals surface area contributed by atoms with E-state index in [0.717, 1.165) is 16.4 Å². The van der Waals surface area contributed by atoms with Crippen LogP contribution in [0, 0.1) is 12.7 Å². The number of benzene rings is 1. The van der Waals surface area contributed by atoms with Crippen molar-refractivity contribution in [1.82, 2.24) is 9.78 Å². The molecule has 17 heavy (non-hydrogen) atoms. The maximum Gasteiger partial charge on any atom is 0.360 e. The Morgan fingerprint density at radius 2 is 2.18 bits per heavy atom. The molecule has 1 heterocycles. The predicted molar refractivity (Wildman–Crippen MR) is 56.9 cm³/mol. The Kier molecular flexibility index (Phi) is 2.55. The molecule has 0 amide bonds. The minimum atomic E-state index is -1.37. The molecular formula is C11H9FN2O3. The number of aryl methyl sites for hydroxylation is 1. The van der Waals surface area contributed by atoms with Crippen molar-refractivity contribution < 1.29 is 19.4 Å². The molecule has 0 spiro atoms. The Bertz CT molecular complexity index is 592. The van der Waals surface area contributed by atoms with Gasteiger partial charge in [-0.25, -0.2) is 13.9 Å². The van der Waals surface area contributed by atoms with Gasteiger partial charge in [-0.1, -0.05) is 6.07 Å². The second kappa shape index (κ2) is 3.89. The van der Waals surface area contributed by atoms with Crippen molar-refractivity contribution in [3.8, 4) is 11.4 Å². The summed E-state index contributed by atoms with van der Waals surface area (Å²) < 4.78 is 14.5. The van der Waals surface area contributed by atoms with Gasteiger partial charge < -0.3 is 10.2 Å². The van der Waals surface area contributed by atoms with Crippen molar-refractivity contribution in [2.75, 3.05) is 0 Å². The number of nitrogens with zero attached hydrogens (tertiary/aromatic N) is 2. The van der Waals surface area contributed by atoms with Crippen molar-refractivity contribution in [2.24, 2.45) is 0 Å². The molecule has 0 fully saturated rings. The van der Waals surface area contributed by atoms with Gasteiger partial charge in [0.25, 0.3) is 0 Å². The zero-order valence-electron chi connectivity index (χ0n) is 8.88. The molecule has 5 nitrogen and oxygen atoms in total. The lowest BCUT2D eigenvalue weighted by molar-refractivity contribution is 0.0687. The molecule has 0 unspecified atom stereocenters. The van der Waals surface area contributed by atoms with Crippen LogP contribution >= 0.6 is 0 Å². The minimum absolute atomic E-state index is 0.0906. The quantitative estimate of drug-likeness (QED) is 0.832. The summed E-state index contributed by atoms with van der Waals surface area (Å²) in [6.07, 6.45) is 1.06. The maximum absolute atomic E-state index is 13.5. The van der Waals surface area contributed by atoms with Crippen molar-refractivity contribution >= 4 is 5.97 Å². The maximum atomic E-state index is 13.5. The fourth-order valence-electron chi connectivity index (χ4n) is 1.44. The van der Waals surface area contributed by atoms with Crippen molar-refractivity contribution in [2.45, 2.75) is 6.92 Å². The third-order valence-electron chi connectivity index (χ3n) is 2.25. The number of aromatic carboxylic acids is 1. The monoisotopic (exact) mass is 236 g/mol. The van der Waals surface area contributed by atoms with Crippen LogP contribution in [0.2, 0.25) is 0 Å². The average molecular weight is 236 g/mol. The first-order valence-electron chi connectivity index (χ1n) is 4.77. The standard InChI is InChI=1S/C11H9FN2O3/c1-6-2-3-7(12)8(4-6)14-5-9(15)10(13-14)11(16)17/h2-5,15H,1H3,(H,16,17). The van der Waals surface area contributed by atoms with Crippen LogP contribution < -0.4 is 0 Å². The number of halogens is 1. The summed E-state index contributed by atoms with van der Waals surface area (Å²) in [5.41, 5.74) is 0.381. The molecule has 2 aromatic rings. The van der Waals surface area contributed by atoms with Gasteiger partial charge in [0.05, 0.1) is 6.20 Å². The van der Waals surface area contributed by atoms with Crippen LogP contribution in [0.1, 0.15) is 16.1 Å². The predicted octanol–water partition coefficient (Wildman–Crippen LogP) is 1.72. The first kappa shape index (κ1) is 11.1. The van der Waals surface area contributed by atoms with Crippen LogP contribution in [0.3, 0.4) is 0 Å². The number of aromatic nitrogens is 2. The summed E-state index contributed by atoms with van der Waals surface area (Å²) >= 11 is 0. The van der Waals surface area contributed by atoms with Gasteiger partial charge in [0.15, 0.2) is 5.75 Å². The number of hydrogen-bond donors (Lipinski definition) is 2. The van der Waals surface area contributed by atoms with E-state index in [2.05, 4.69) is 5.10 Å². The number of rotatable bonds is 2. The van der Waals surface area contributed by atoms with E-state index in [4.69, 9.17) is 5.11 Å². The average Bonchev–Trinajstić information content (AvgIpc) is 2.64. The van der Waals surface area contributed by atoms with E-state index in [1.807, 2.05) is 0 Å². The van der Waals surface area contributed by atoms with Crippen LogP contribution in [-0.4, -0.2) is 26.0 Å². The van der Waals surface area contributed by atoms with E-state index < -0.39 is 23.2 Å². The molecule has 0 radical (unpaired) electrons. The van der Waals surface area contributed by atoms with Crippen molar-refractivity contribution in [1.29, 1.82) is 0 Å². The van der Waals surface area contributed by atoms with E-state index in [1.165, 1.54) is 12.1 Å². The molecule has 2 rings (SSSR count). The zero-order valence-corrected chi connectivity index (χ0v) is 8.88. The van der Waals surface area contributed by atoms with Gasteiger partial charge >= 0.3 is 5.97 Å². The highest BCUT2D eigenvalue weighted by Crippen LogP contribution is 2.20. The SMILES string of the molecule is Cc1ccc(F)c(-n2cc(O)c(C(=O)O)n2)c1. The Morgan fingerprint density at radius 3 is 2.76 bits per heavy atom. The van der Waals surface area contributed by atoms with Gasteiger partial charge in [-0.15, -0.1) is 0 Å². The van der Waals surface area contributed by atoms with Gasteiger partial charge in [0.1, 0.15) is 11.5 Å². The molecule has 0 saturated carbocycles. The van der Waals surface area contributed by atoms with E-state index in [0.29, 0.717) is 0 Å². The number of aromatic hydroxyl groups is 1. The lowest BCUT2D eigenvalue weighted by Gasteiger charge is -2.03. The van der Waals surface area contributed by atoms with Gasteiger partial charge in [0, 0.05) is 0 Å². The van der Waals surface area contributed by atoms with Gasteiger partial charge in [0.2, 0.25) is 5.69 Å². The molecule has 88 valence electrons. The number of hydrogen-bond acceptors (Lipinski definition) is 3. The topological polar surface area (TPSA) is 75.4 Å². The molecule has 0 bridgehead atoms. The first-order chi connectivity index (χ1) is 7.99. The molecule has 2 N–H and O–H groups in total. The highest BCUT2D eigenvalue weighted by Gasteiger charge is 2.17. The van der Waals surface area contributed by atoms with Crippen LogP contribution in [0.15, 0.2) is 24.4 Å². The largest absolute Gasteiger partial charge is 0.504 e. The molecule has 0 atom stereocenters. The van der Waals surface area contributed by atoms with E-state index >= 15 is 0 Å². The molecule has 1 aromatic heterocycles. The molecular weight excluding hydrogens is 227 g/mol. The molecule has 6 heteroatoms. The van der Waals surface area contributed by atoms with E-state index in [9.17, 15) is 14.3 Å². The van der Waals surface area contributed by atoms with Crippen LogP contribution in [0.25, 0.3) is 5.69 Å². The van der Waals surface area contributed by atoms with Crippen molar-refractivity contribution in [3.63, 3.8) is 0 Å². The van der Waals surface area contributed by atoms with E-state index in [1.54, 1.807) is 13.0 Å². The summed E-state index contributed by atoms with van der Waals surface area (Å²) in [6, 6.07) is 4.34. The fourth-order valence-corrected chi connectivity index (χ4v) is 1.44. The summed E-state index contributed by atoms with van der Waals surface area (Å²) in [4.78, 5) is 10.7. The Hall–Kier alpha value is -2.37. The number of carboxylic acid groups (broad SMARTS) is 1. The molecule has 0 aliphatic carbocycles. The van der Waals surface area contributed by atoms with Gasteiger partial charge in [-0.2, -0.15) is 5.10 Å². The second-order valence-corrected chi connectivity index (χ2v) is 3.57. The summed E-state index contributed by atoms with van der Waals surface area (Å²) in [7, 11) is 0. The molecule has 1 aromatic carbocycles. The summed E-state index contributed by atoms with van der Waals surface area (Å²) in [6.45, 7) is 1.77. The van der Waals surface area contributed by atoms with Crippen LogP contribution in [-0.2, 0) is 0 Å². The fraction of sp³-hybridized carbons (Fsp3) is 0.0909. The molecule has 0 aliphatic heterocycles. The summed E-state index contributed by atoms with van der Waals surface area (Å²) in [5.74, 6) is -2.41. The second-order valence-electron chi connectivity index (χ2n) is 3.57. The van der Waals surface area contributed by atoms with Crippen LogP contribution in [0.5, 0.6) is 5.75 Å². The van der Waals surface area contributed by atoms with Gasteiger partial charge in [-0.3, -0.25) is 0 Å². The van der Waals surface area contributed by atoms with Crippen molar-refractivity contribution in [3.05, 3.63) is 41.5 Å². The zero-order chi connectivity index (χ0) is 12.6. The minimum Gasteiger partial charge on any atom is -0.504 e. The highest BCUT2D eigenvalue weighted by atomic mass is 19.1. The smallest absolute Gasteiger partial charge is 0.360 e. The third kappa shape index (κ3) is 1.96. The van der Waals surface area contributed by atoms with Crippen LogP contribution in [0.4, 0.5) is 4.39 Å². The third-order valence-corrected chi connectivity index (χ3v) is 2.25. The molecule has 0 saturated heterocycles. The number of carbonyl (C=O) groups is 1.